The molecule has 1 rings (SSSR count). The van der Waals surface area contributed by atoms with Gasteiger partial charge in [-0.15, -0.1) is 0 Å². The summed E-state index contributed by atoms with van der Waals surface area (Å²) >= 11 is 0. The summed E-state index contributed by atoms with van der Waals surface area (Å²) in [6.45, 7) is -0.660. The third kappa shape index (κ3) is 4.14. The molecule has 0 aliphatic rings. The number of amides is 1. The van der Waals surface area contributed by atoms with Crippen molar-refractivity contribution in [3.05, 3.63) is 29.8 Å². The molecule has 1 atom stereocenters. The fourth-order valence-electron chi connectivity index (χ4n) is 1.41. The highest BCUT2D eigenvalue weighted by Crippen LogP contribution is 2.11. The van der Waals surface area contributed by atoms with Crippen LogP contribution < -0.4 is 5.32 Å². The molecular weight excluding hydrogens is 245 g/mol. The molecule has 1 amide bonds. The lowest BCUT2D eigenvalue weighted by Crippen LogP contribution is -2.31. The van der Waals surface area contributed by atoms with Crippen molar-refractivity contribution in [2.45, 2.75) is 17.4 Å². The molecule has 1 aromatic carbocycles. The zero-order valence-electron chi connectivity index (χ0n) is 9.39. The molecule has 0 aliphatic heterocycles. The van der Waals surface area contributed by atoms with Crippen LogP contribution in [0.4, 0.5) is 4.39 Å². The number of halogens is 1. The van der Waals surface area contributed by atoms with Crippen molar-refractivity contribution >= 4 is 16.2 Å². The summed E-state index contributed by atoms with van der Waals surface area (Å²) < 4.78 is 34.9. The summed E-state index contributed by atoms with van der Waals surface area (Å²) in [4.78, 5) is 10.4. The molecule has 0 fully saturated rings. The van der Waals surface area contributed by atoms with Crippen LogP contribution in [0.25, 0.3) is 0 Å². The minimum atomic E-state index is -3.21. The Kier molecular flexibility index (Phi) is 4.62. The number of carbonyl (C=O) groups excluding carboxylic acids is 1. The highest BCUT2D eigenvalue weighted by atomic mass is 32.2. The number of sulfone groups is 1. The van der Waals surface area contributed by atoms with Crippen molar-refractivity contribution in [1.82, 2.24) is 5.32 Å². The SMILES string of the molecule is CS(=O)(=O)c1ccc(CC(CF)NC=O)cc1. The molecule has 1 unspecified atom stereocenters. The molecule has 0 aromatic heterocycles. The summed E-state index contributed by atoms with van der Waals surface area (Å²) in [7, 11) is -3.21. The largest absolute Gasteiger partial charge is 0.353 e. The first-order valence-electron chi connectivity index (χ1n) is 5.02. The van der Waals surface area contributed by atoms with Gasteiger partial charge in [-0.1, -0.05) is 12.1 Å². The van der Waals surface area contributed by atoms with Gasteiger partial charge in [0.15, 0.2) is 9.84 Å². The predicted octanol–water partition coefficient (Wildman–Crippen LogP) is 0.717. The van der Waals surface area contributed by atoms with Gasteiger partial charge in [0.2, 0.25) is 6.41 Å². The maximum Gasteiger partial charge on any atom is 0.207 e. The Bertz CT molecular complexity index is 470. The molecule has 0 spiro atoms. The molecule has 1 N–H and O–H groups in total. The smallest absolute Gasteiger partial charge is 0.207 e. The average Bonchev–Trinajstić information content (AvgIpc) is 2.28. The molecule has 1 aromatic rings. The van der Waals surface area contributed by atoms with Crippen LogP contribution in [0.2, 0.25) is 0 Å². The number of hydrogen-bond acceptors (Lipinski definition) is 3. The van der Waals surface area contributed by atoms with Crippen molar-refractivity contribution in [2.75, 3.05) is 12.9 Å². The summed E-state index contributed by atoms with van der Waals surface area (Å²) in [6, 6.07) is 5.61. The van der Waals surface area contributed by atoms with E-state index in [4.69, 9.17) is 0 Å². The fraction of sp³-hybridized carbons (Fsp3) is 0.364. The van der Waals surface area contributed by atoms with Crippen LogP contribution in [-0.4, -0.2) is 33.8 Å². The number of rotatable bonds is 6. The molecule has 4 nitrogen and oxygen atoms in total. The normalized spacial score (nSPS) is 13.1. The molecule has 0 heterocycles. The molecule has 94 valence electrons. The first kappa shape index (κ1) is 13.6. The monoisotopic (exact) mass is 259 g/mol. The Morgan fingerprint density at radius 1 is 1.35 bits per heavy atom. The van der Waals surface area contributed by atoms with Crippen molar-refractivity contribution in [1.29, 1.82) is 0 Å². The first-order valence-corrected chi connectivity index (χ1v) is 6.91. The zero-order valence-corrected chi connectivity index (χ0v) is 10.2. The van der Waals surface area contributed by atoms with E-state index >= 15 is 0 Å². The van der Waals surface area contributed by atoms with E-state index in [0.29, 0.717) is 12.8 Å². The van der Waals surface area contributed by atoms with Crippen molar-refractivity contribution in [3.8, 4) is 0 Å². The Morgan fingerprint density at radius 2 is 1.94 bits per heavy atom. The lowest BCUT2D eigenvalue weighted by atomic mass is 10.1. The highest BCUT2D eigenvalue weighted by Gasteiger charge is 2.10. The quantitative estimate of drug-likeness (QED) is 0.766. The molecule has 0 aliphatic carbocycles. The van der Waals surface area contributed by atoms with E-state index in [1.165, 1.54) is 12.1 Å². The van der Waals surface area contributed by atoms with Gasteiger partial charge in [0.1, 0.15) is 6.67 Å². The summed E-state index contributed by atoms with van der Waals surface area (Å²) in [6.07, 6.45) is 1.91. The van der Waals surface area contributed by atoms with Gasteiger partial charge in [0.05, 0.1) is 10.9 Å². The van der Waals surface area contributed by atoms with Crippen LogP contribution >= 0.6 is 0 Å². The Balaban J connectivity index is 2.78. The third-order valence-corrected chi connectivity index (χ3v) is 3.45. The van der Waals surface area contributed by atoms with E-state index in [1.54, 1.807) is 12.1 Å². The van der Waals surface area contributed by atoms with Crippen LogP contribution in [0.3, 0.4) is 0 Å². The first-order chi connectivity index (χ1) is 7.97. The Morgan fingerprint density at radius 3 is 2.35 bits per heavy atom. The lowest BCUT2D eigenvalue weighted by molar-refractivity contribution is -0.110. The topological polar surface area (TPSA) is 63.2 Å². The van der Waals surface area contributed by atoms with Crippen LogP contribution in [0.15, 0.2) is 29.2 Å². The summed E-state index contributed by atoms with van der Waals surface area (Å²) in [5.74, 6) is 0. The molecule has 0 radical (unpaired) electrons. The maximum atomic E-state index is 12.5. The van der Waals surface area contributed by atoms with Gasteiger partial charge >= 0.3 is 0 Å². The van der Waals surface area contributed by atoms with Crippen LogP contribution in [0.1, 0.15) is 5.56 Å². The number of benzene rings is 1. The summed E-state index contributed by atoms with van der Waals surface area (Å²) in [5.41, 5.74) is 0.773. The second-order valence-corrected chi connectivity index (χ2v) is 5.77. The lowest BCUT2D eigenvalue weighted by Gasteiger charge is -2.11. The number of hydrogen-bond donors (Lipinski definition) is 1. The van der Waals surface area contributed by atoms with Gasteiger partial charge in [-0.05, 0) is 24.1 Å². The van der Waals surface area contributed by atoms with Crippen LogP contribution in [-0.2, 0) is 21.1 Å². The van der Waals surface area contributed by atoms with E-state index < -0.39 is 22.6 Å². The second kappa shape index (κ2) is 5.77. The van der Waals surface area contributed by atoms with Gasteiger partial charge in [-0.25, -0.2) is 12.8 Å². The van der Waals surface area contributed by atoms with E-state index in [-0.39, 0.29) is 4.90 Å². The predicted molar refractivity (Wildman–Crippen MR) is 62.2 cm³/mol. The van der Waals surface area contributed by atoms with Gasteiger partial charge in [0, 0.05) is 6.26 Å². The van der Waals surface area contributed by atoms with E-state index in [0.717, 1.165) is 11.8 Å². The number of carbonyl (C=O) groups is 1. The van der Waals surface area contributed by atoms with Crippen LogP contribution in [0, 0.1) is 0 Å². The van der Waals surface area contributed by atoms with Gasteiger partial charge in [-0.3, -0.25) is 4.79 Å². The molecular formula is C11H14FNO3S. The van der Waals surface area contributed by atoms with E-state index in [1.807, 2.05) is 0 Å². The second-order valence-electron chi connectivity index (χ2n) is 3.76. The minimum absolute atomic E-state index is 0.224. The van der Waals surface area contributed by atoms with Crippen molar-refractivity contribution < 1.29 is 17.6 Å². The minimum Gasteiger partial charge on any atom is -0.353 e. The van der Waals surface area contributed by atoms with Gasteiger partial charge in [0.25, 0.3) is 0 Å². The standard InChI is InChI=1S/C11H14FNO3S/c1-17(15,16)11-4-2-9(3-5-11)6-10(7-12)13-8-14/h2-5,8,10H,6-7H2,1H3,(H,13,14). The molecule has 0 bridgehead atoms. The third-order valence-electron chi connectivity index (χ3n) is 2.32. The molecule has 17 heavy (non-hydrogen) atoms. The zero-order chi connectivity index (χ0) is 12.9. The number of nitrogens with one attached hydrogen (secondary N) is 1. The maximum absolute atomic E-state index is 12.5. The molecule has 6 heteroatoms. The van der Waals surface area contributed by atoms with E-state index in [9.17, 15) is 17.6 Å². The van der Waals surface area contributed by atoms with Crippen molar-refractivity contribution in [2.24, 2.45) is 0 Å². The molecule has 0 saturated carbocycles. The van der Waals surface area contributed by atoms with E-state index in [2.05, 4.69) is 5.32 Å². The van der Waals surface area contributed by atoms with Gasteiger partial charge < -0.3 is 5.32 Å². The summed E-state index contributed by atoms with van der Waals surface area (Å²) in [5, 5.41) is 2.35. The van der Waals surface area contributed by atoms with Crippen molar-refractivity contribution in [3.63, 3.8) is 0 Å². The average molecular weight is 259 g/mol. The molecule has 0 saturated heterocycles. The Labute approximate surface area is 99.8 Å². The highest BCUT2D eigenvalue weighted by molar-refractivity contribution is 7.90. The van der Waals surface area contributed by atoms with Crippen LogP contribution in [0.5, 0.6) is 0 Å². The van der Waals surface area contributed by atoms with Gasteiger partial charge in [-0.2, -0.15) is 0 Å². The number of alkyl halides is 1. The fourth-order valence-corrected chi connectivity index (χ4v) is 2.04. The Hall–Kier alpha value is -1.43.